The van der Waals surface area contributed by atoms with Crippen LogP contribution in [0, 0.1) is 11.8 Å². The van der Waals surface area contributed by atoms with Gasteiger partial charge in [0.15, 0.2) is 0 Å². The van der Waals surface area contributed by atoms with Crippen LogP contribution in [0.3, 0.4) is 0 Å². The quantitative estimate of drug-likeness (QED) is 0.698. The number of halogens is 2. The van der Waals surface area contributed by atoms with E-state index >= 15 is 0 Å². The molecule has 0 heterocycles. The normalized spacial score (nSPS) is 23.4. The molecule has 0 aliphatic heterocycles. The van der Waals surface area contributed by atoms with Gasteiger partial charge in [-0.05, 0) is 18.3 Å². The molecule has 0 spiro atoms. The van der Waals surface area contributed by atoms with Crippen LogP contribution in [-0.2, 0) is 0 Å². The molecule has 19 heavy (non-hydrogen) atoms. The van der Waals surface area contributed by atoms with E-state index in [1.807, 2.05) is 0 Å². The predicted molar refractivity (Wildman–Crippen MR) is 72.9 cm³/mol. The molecule has 1 rings (SSSR count). The summed E-state index contributed by atoms with van der Waals surface area (Å²) < 4.78 is 28.0. The highest BCUT2D eigenvalue weighted by molar-refractivity contribution is 4.94. The number of aliphatic hydroxyl groups is 1. The van der Waals surface area contributed by atoms with Gasteiger partial charge in [-0.2, -0.15) is 0 Å². The number of alkyl halides is 2. The lowest BCUT2D eigenvalue weighted by atomic mass is 9.82. The SMILES string of the molecule is CC(C)[C@H](N)C(F)(F)[C@H](O)[C@@H](N)CC1CCCCC1. The Morgan fingerprint density at radius 3 is 2.16 bits per heavy atom. The third-order valence-electron chi connectivity index (χ3n) is 4.29. The van der Waals surface area contributed by atoms with Gasteiger partial charge < -0.3 is 16.6 Å². The van der Waals surface area contributed by atoms with E-state index in [1.54, 1.807) is 13.8 Å². The van der Waals surface area contributed by atoms with Gasteiger partial charge in [0.2, 0.25) is 0 Å². The number of hydrogen-bond acceptors (Lipinski definition) is 3. The molecule has 0 aromatic rings. The van der Waals surface area contributed by atoms with E-state index in [2.05, 4.69) is 0 Å². The van der Waals surface area contributed by atoms with Crippen LogP contribution in [0.15, 0.2) is 0 Å². The van der Waals surface area contributed by atoms with Crippen LogP contribution in [0.2, 0.25) is 0 Å². The van der Waals surface area contributed by atoms with Gasteiger partial charge in [-0.15, -0.1) is 0 Å². The van der Waals surface area contributed by atoms with E-state index in [-0.39, 0.29) is 0 Å². The number of rotatable bonds is 6. The van der Waals surface area contributed by atoms with Crippen molar-refractivity contribution in [2.24, 2.45) is 23.3 Å². The molecule has 114 valence electrons. The fourth-order valence-corrected chi connectivity index (χ4v) is 2.86. The summed E-state index contributed by atoms with van der Waals surface area (Å²) in [4.78, 5) is 0. The summed E-state index contributed by atoms with van der Waals surface area (Å²) in [6, 6.07) is -2.26. The highest BCUT2D eigenvalue weighted by atomic mass is 19.3. The van der Waals surface area contributed by atoms with E-state index in [4.69, 9.17) is 11.5 Å². The van der Waals surface area contributed by atoms with Crippen molar-refractivity contribution in [2.45, 2.75) is 76.5 Å². The van der Waals surface area contributed by atoms with E-state index < -0.39 is 30.0 Å². The minimum atomic E-state index is -3.33. The van der Waals surface area contributed by atoms with Crippen molar-refractivity contribution >= 4 is 0 Å². The van der Waals surface area contributed by atoms with Gasteiger partial charge in [-0.25, -0.2) is 8.78 Å². The van der Waals surface area contributed by atoms with Gasteiger partial charge in [0.1, 0.15) is 6.10 Å². The first-order chi connectivity index (χ1) is 8.76. The molecule has 5 heteroatoms. The Labute approximate surface area is 114 Å². The number of aliphatic hydroxyl groups excluding tert-OH is 1. The van der Waals surface area contributed by atoms with Crippen molar-refractivity contribution in [2.75, 3.05) is 0 Å². The molecule has 0 unspecified atom stereocenters. The zero-order valence-corrected chi connectivity index (χ0v) is 12.0. The van der Waals surface area contributed by atoms with E-state index in [9.17, 15) is 13.9 Å². The average Bonchev–Trinajstić information content (AvgIpc) is 2.37. The molecule has 1 fully saturated rings. The molecule has 3 nitrogen and oxygen atoms in total. The van der Waals surface area contributed by atoms with Crippen molar-refractivity contribution in [3.63, 3.8) is 0 Å². The van der Waals surface area contributed by atoms with Crippen LogP contribution in [0.4, 0.5) is 8.78 Å². The summed E-state index contributed by atoms with van der Waals surface area (Å²) in [6.07, 6.45) is 4.14. The van der Waals surface area contributed by atoms with Crippen molar-refractivity contribution < 1.29 is 13.9 Å². The van der Waals surface area contributed by atoms with Gasteiger partial charge in [-0.3, -0.25) is 0 Å². The summed E-state index contributed by atoms with van der Waals surface area (Å²) in [6.45, 7) is 3.25. The highest BCUT2D eigenvalue weighted by Crippen LogP contribution is 2.32. The number of nitrogens with two attached hydrogens (primary N) is 2. The molecule has 0 amide bonds. The Morgan fingerprint density at radius 2 is 1.68 bits per heavy atom. The Kier molecular flexibility index (Phi) is 6.15. The van der Waals surface area contributed by atoms with Crippen LogP contribution in [-0.4, -0.2) is 29.2 Å². The van der Waals surface area contributed by atoms with Crippen LogP contribution in [0.5, 0.6) is 0 Å². The topological polar surface area (TPSA) is 72.3 Å². The largest absolute Gasteiger partial charge is 0.385 e. The lowest BCUT2D eigenvalue weighted by Crippen LogP contribution is -2.58. The van der Waals surface area contributed by atoms with Crippen molar-refractivity contribution in [1.82, 2.24) is 0 Å². The monoisotopic (exact) mass is 278 g/mol. The van der Waals surface area contributed by atoms with E-state index in [1.165, 1.54) is 6.42 Å². The van der Waals surface area contributed by atoms with Crippen molar-refractivity contribution in [3.05, 3.63) is 0 Å². The van der Waals surface area contributed by atoms with Crippen LogP contribution in [0.1, 0.15) is 52.4 Å². The average molecular weight is 278 g/mol. The molecular formula is C14H28F2N2O. The molecular weight excluding hydrogens is 250 g/mol. The van der Waals surface area contributed by atoms with Crippen LogP contribution in [0.25, 0.3) is 0 Å². The van der Waals surface area contributed by atoms with Gasteiger partial charge in [0.05, 0.1) is 6.04 Å². The minimum Gasteiger partial charge on any atom is -0.385 e. The van der Waals surface area contributed by atoms with Crippen LogP contribution < -0.4 is 11.5 Å². The van der Waals surface area contributed by atoms with Crippen molar-refractivity contribution in [1.29, 1.82) is 0 Å². The molecule has 3 atom stereocenters. The summed E-state index contributed by atoms with van der Waals surface area (Å²) in [5.74, 6) is -3.36. The van der Waals surface area contributed by atoms with Gasteiger partial charge in [0.25, 0.3) is 5.92 Å². The summed E-state index contributed by atoms with van der Waals surface area (Å²) in [7, 11) is 0. The van der Waals surface area contributed by atoms with E-state index in [0.29, 0.717) is 12.3 Å². The van der Waals surface area contributed by atoms with Crippen LogP contribution >= 0.6 is 0 Å². The minimum absolute atomic E-state index is 0.365. The second-order valence-electron chi connectivity index (χ2n) is 6.29. The van der Waals surface area contributed by atoms with Crippen molar-refractivity contribution in [3.8, 4) is 0 Å². The molecule has 0 saturated heterocycles. The molecule has 1 aliphatic carbocycles. The second kappa shape index (κ2) is 6.95. The third kappa shape index (κ3) is 4.36. The molecule has 1 aliphatic rings. The number of hydrogen-bond donors (Lipinski definition) is 3. The highest BCUT2D eigenvalue weighted by Gasteiger charge is 2.48. The maximum atomic E-state index is 14.0. The van der Waals surface area contributed by atoms with Gasteiger partial charge in [0, 0.05) is 6.04 Å². The molecule has 5 N–H and O–H groups in total. The first-order valence-corrected chi connectivity index (χ1v) is 7.33. The fourth-order valence-electron chi connectivity index (χ4n) is 2.86. The Balaban J connectivity index is 2.56. The van der Waals surface area contributed by atoms with Gasteiger partial charge >= 0.3 is 0 Å². The summed E-state index contributed by atoms with van der Waals surface area (Å²) in [5.41, 5.74) is 11.3. The first-order valence-electron chi connectivity index (χ1n) is 7.33. The third-order valence-corrected chi connectivity index (χ3v) is 4.29. The molecule has 0 radical (unpaired) electrons. The molecule has 0 aromatic heterocycles. The molecule has 0 bridgehead atoms. The second-order valence-corrected chi connectivity index (χ2v) is 6.29. The lowest BCUT2D eigenvalue weighted by molar-refractivity contribution is -0.142. The Bertz CT molecular complexity index is 268. The Hall–Kier alpha value is -0.260. The van der Waals surface area contributed by atoms with Gasteiger partial charge in [-0.1, -0.05) is 46.0 Å². The standard InChI is InChI=1S/C14H28F2N2O/c1-9(2)12(18)14(15,16)13(19)11(17)8-10-6-4-3-5-7-10/h9-13,19H,3-8,17-18H2,1-2H3/t11-,12-,13+/m0/s1. The molecule has 0 aromatic carbocycles. The maximum Gasteiger partial charge on any atom is 0.289 e. The first kappa shape index (κ1) is 16.8. The van der Waals surface area contributed by atoms with E-state index in [0.717, 1.165) is 25.7 Å². The Morgan fingerprint density at radius 1 is 1.16 bits per heavy atom. The summed E-state index contributed by atoms with van der Waals surface area (Å²) >= 11 is 0. The zero-order valence-electron chi connectivity index (χ0n) is 12.0. The smallest absolute Gasteiger partial charge is 0.289 e. The zero-order chi connectivity index (χ0) is 14.6. The predicted octanol–water partition coefficient (Wildman–Crippen LogP) is 2.26. The lowest BCUT2D eigenvalue weighted by Gasteiger charge is -2.35. The fraction of sp³-hybridized carbons (Fsp3) is 1.00. The maximum absolute atomic E-state index is 14.0. The molecule has 1 saturated carbocycles. The summed E-state index contributed by atoms with van der Waals surface area (Å²) in [5, 5.41) is 9.84.